The van der Waals surface area contributed by atoms with Gasteiger partial charge in [-0.25, -0.2) is 4.98 Å². The summed E-state index contributed by atoms with van der Waals surface area (Å²) < 4.78 is 1.97. The number of carbonyl (C=O) groups is 1. The van der Waals surface area contributed by atoms with Gasteiger partial charge in [0.15, 0.2) is 0 Å². The third kappa shape index (κ3) is 2.83. The molecule has 1 atom stereocenters. The number of pyridine rings is 1. The van der Waals surface area contributed by atoms with Crippen LogP contribution in [0, 0.1) is 0 Å². The summed E-state index contributed by atoms with van der Waals surface area (Å²) in [4.78, 5) is 18.5. The maximum Gasteiger partial charge on any atom is 0.245 e. The van der Waals surface area contributed by atoms with Gasteiger partial charge in [-0.1, -0.05) is 24.3 Å². The monoisotopic (exact) mass is 313 g/mol. The highest BCUT2D eigenvalue weighted by molar-refractivity contribution is 6.32. The number of hydrogen-bond acceptors (Lipinski definition) is 2. The van der Waals surface area contributed by atoms with E-state index in [0.717, 1.165) is 17.0 Å². The van der Waals surface area contributed by atoms with Gasteiger partial charge in [-0.05, 0) is 31.2 Å². The summed E-state index contributed by atoms with van der Waals surface area (Å²) in [6.45, 7) is 2.11. The fourth-order valence-electron chi connectivity index (χ4n) is 2.38. The Balaban J connectivity index is 1.98. The molecule has 4 nitrogen and oxygen atoms in total. The molecule has 1 aromatic carbocycles. The first-order chi connectivity index (χ1) is 10.7. The van der Waals surface area contributed by atoms with Gasteiger partial charge in [-0.2, -0.15) is 0 Å². The molecule has 0 radical (unpaired) electrons. The number of halogens is 1. The normalized spacial score (nSPS) is 12.3. The number of imidazole rings is 1. The largest absolute Gasteiger partial charge is 0.305 e. The summed E-state index contributed by atoms with van der Waals surface area (Å²) in [5, 5.41) is -0.584. The Morgan fingerprint density at radius 2 is 1.95 bits per heavy atom. The fraction of sp³-hybridized carbons (Fsp3) is 0.176. The van der Waals surface area contributed by atoms with E-state index in [1.165, 1.54) is 0 Å². The number of carbonyl (C=O) groups excluding carboxylic acids is 1. The van der Waals surface area contributed by atoms with Crippen LogP contribution in [0.5, 0.6) is 0 Å². The van der Waals surface area contributed by atoms with Crippen LogP contribution in [0.25, 0.3) is 5.65 Å². The molecule has 0 aliphatic carbocycles. The van der Waals surface area contributed by atoms with E-state index >= 15 is 0 Å². The minimum absolute atomic E-state index is 0.126. The zero-order chi connectivity index (χ0) is 15.5. The lowest BCUT2D eigenvalue weighted by molar-refractivity contribution is -0.118. The van der Waals surface area contributed by atoms with Gasteiger partial charge in [0.2, 0.25) is 5.91 Å². The molecule has 1 unspecified atom stereocenters. The molecule has 22 heavy (non-hydrogen) atoms. The Labute approximate surface area is 134 Å². The van der Waals surface area contributed by atoms with E-state index in [4.69, 9.17) is 11.6 Å². The third-order valence-electron chi connectivity index (χ3n) is 3.49. The van der Waals surface area contributed by atoms with Crippen LogP contribution in [-0.2, 0) is 11.3 Å². The molecule has 2 aromatic heterocycles. The van der Waals surface area contributed by atoms with Crippen molar-refractivity contribution in [2.45, 2.75) is 18.8 Å². The lowest BCUT2D eigenvalue weighted by Gasteiger charge is -2.23. The van der Waals surface area contributed by atoms with Crippen molar-refractivity contribution in [3.63, 3.8) is 0 Å². The zero-order valence-electron chi connectivity index (χ0n) is 12.2. The molecule has 0 saturated carbocycles. The van der Waals surface area contributed by atoms with Gasteiger partial charge >= 0.3 is 0 Å². The van der Waals surface area contributed by atoms with E-state index in [1.54, 1.807) is 18.0 Å². The molecule has 3 rings (SSSR count). The smallest absolute Gasteiger partial charge is 0.245 e. The second-order valence-electron chi connectivity index (χ2n) is 5.05. The van der Waals surface area contributed by atoms with Crippen molar-refractivity contribution in [3.8, 4) is 0 Å². The molecule has 1 amide bonds. The van der Waals surface area contributed by atoms with Gasteiger partial charge in [-0.3, -0.25) is 4.79 Å². The minimum Gasteiger partial charge on any atom is -0.305 e. The molecule has 0 N–H and O–H groups in total. The molecule has 0 spiro atoms. The predicted octanol–water partition coefficient (Wildman–Crippen LogP) is 3.49. The summed E-state index contributed by atoms with van der Waals surface area (Å²) in [6.07, 6.45) is 3.73. The number of nitrogens with zero attached hydrogens (tertiary/aromatic N) is 3. The molecule has 3 aromatic rings. The molecule has 0 aliphatic rings. The van der Waals surface area contributed by atoms with Gasteiger partial charge < -0.3 is 9.30 Å². The van der Waals surface area contributed by atoms with Gasteiger partial charge in [0.1, 0.15) is 11.0 Å². The number of hydrogen-bond donors (Lipinski definition) is 0. The second-order valence-corrected chi connectivity index (χ2v) is 5.71. The first-order valence-corrected chi connectivity index (χ1v) is 7.52. The molecule has 112 valence electrons. The van der Waals surface area contributed by atoms with Crippen LogP contribution in [0.15, 0.2) is 60.9 Å². The number of amides is 1. The summed E-state index contributed by atoms with van der Waals surface area (Å²) in [7, 11) is 0. The molecular formula is C17H16ClN3O. The Kier molecular flexibility index (Phi) is 4.11. The topological polar surface area (TPSA) is 37.6 Å². The predicted molar refractivity (Wildman–Crippen MR) is 88.1 cm³/mol. The summed E-state index contributed by atoms with van der Waals surface area (Å²) >= 11 is 6.02. The maximum absolute atomic E-state index is 12.5. The standard InChI is InChI=1S/C17H16ClN3O/c1-13(18)17(22)21(14-7-3-2-4-8-14)12-15-11-19-16-9-5-6-10-20(15)16/h2-11,13H,12H2,1H3. The number of alkyl halides is 1. The van der Waals surface area contributed by atoms with Crippen LogP contribution in [0.2, 0.25) is 0 Å². The van der Waals surface area contributed by atoms with E-state index in [-0.39, 0.29) is 5.91 Å². The number of anilines is 1. The van der Waals surface area contributed by atoms with Gasteiger partial charge in [0, 0.05) is 11.9 Å². The lowest BCUT2D eigenvalue weighted by atomic mass is 10.2. The van der Waals surface area contributed by atoms with E-state index in [9.17, 15) is 4.79 Å². The van der Waals surface area contributed by atoms with E-state index in [1.807, 2.05) is 59.1 Å². The van der Waals surface area contributed by atoms with Crippen LogP contribution >= 0.6 is 11.6 Å². The first kappa shape index (κ1) is 14.6. The number of benzene rings is 1. The van der Waals surface area contributed by atoms with Crippen molar-refractivity contribution in [1.82, 2.24) is 9.38 Å². The molecule has 0 saturated heterocycles. The number of aromatic nitrogens is 2. The highest BCUT2D eigenvalue weighted by atomic mass is 35.5. The Morgan fingerprint density at radius 1 is 1.23 bits per heavy atom. The molecular weight excluding hydrogens is 298 g/mol. The minimum atomic E-state index is -0.584. The quantitative estimate of drug-likeness (QED) is 0.691. The Bertz CT molecular complexity index is 783. The van der Waals surface area contributed by atoms with Crippen LogP contribution in [0.3, 0.4) is 0 Å². The molecule has 2 heterocycles. The Morgan fingerprint density at radius 3 is 2.68 bits per heavy atom. The lowest BCUT2D eigenvalue weighted by Crippen LogP contribution is -2.35. The van der Waals surface area contributed by atoms with Crippen molar-refractivity contribution in [2.75, 3.05) is 4.90 Å². The summed E-state index contributed by atoms with van der Waals surface area (Å²) in [5.74, 6) is -0.126. The fourth-order valence-corrected chi connectivity index (χ4v) is 2.50. The van der Waals surface area contributed by atoms with Crippen molar-refractivity contribution in [1.29, 1.82) is 0 Å². The maximum atomic E-state index is 12.5. The third-order valence-corrected chi connectivity index (χ3v) is 3.67. The number of rotatable bonds is 4. The van der Waals surface area contributed by atoms with E-state index in [2.05, 4.69) is 4.98 Å². The van der Waals surface area contributed by atoms with E-state index in [0.29, 0.717) is 6.54 Å². The van der Waals surface area contributed by atoms with Gasteiger partial charge in [0.05, 0.1) is 18.4 Å². The van der Waals surface area contributed by atoms with Crippen LogP contribution in [-0.4, -0.2) is 20.7 Å². The number of para-hydroxylation sites is 1. The molecule has 0 bridgehead atoms. The van der Waals surface area contributed by atoms with Crippen molar-refractivity contribution in [3.05, 3.63) is 66.6 Å². The highest BCUT2D eigenvalue weighted by Gasteiger charge is 2.21. The van der Waals surface area contributed by atoms with Crippen LogP contribution in [0.4, 0.5) is 5.69 Å². The summed E-state index contributed by atoms with van der Waals surface area (Å²) in [6, 6.07) is 15.4. The average Bonchev–Trinajstić information content (AvgIpc) is 2.96. The first-order valence-electron chi connectivity index (χ1n) is 7.08. The molecule has 0 aliphatic heterocycles. The van der Waals surface area contributed by atoms with Gasteiger partial charge in [-0.15, -0.1) is 11.6 Å². The Hall–Kier alpha value is -2.33. The second kappa shape index (κ2) is 6.20. The van der Waals surface area contributed by atoms with Gasteiger partial charge in [0.25, 0.3) is 0 Å². The summed E-state index contributed by atoms with van der Waals surface area (Å²) in [5.41, 5.74) is 2.62. The average molecular weight is 314 g/mol. The van der Waals surface area contributed by atoms with Crippen molar-refractivity contribution >= 4 is 28.8 Å². The van der Waals surface area contributed by atoms with Crippen molar-refractivity contribution < 1.29 is 4.79 Å². The van der Waals surface area contributed by atoms with E-state index < -0.39 is 5.38 Å². The highest BCUT2D eigenvalue weighted by Crippen LogP contribution is 2.20. The van der Waals surface area contributed by atoms with Crippen LogP contribution < -0.4 is 4.90 Å². The molecule has 0 fully saturated rings. The van der Waals surface area contributed by atoms with Crippen LogP contribution in [0.1, 0.15) is 12.6 Å². The molecule has 5 heteroatoms. The zero-order valence-corrected chi connectivity index (χ0v) is 12.9. The SMILES string of the molecule is CC(Cl)C(=O)N(Cc1cnc2ccccn12)c1ccccc1. The van der Waals surface area contributed by atoms with Crippen molar-refractivity contribution in [2.24, 2.45) is 0 Å². The number of fused-ring (bicyclic) bond motifs is 1.